The van der Waals surface area contributed by atoms with Crippen molar-refractivity contribution in [2.75, 3.05) is 25.1 Å². The van der Waals surface area contributed by atoms with Crippen LogP contribution < -0.4 is 5.32 Å². The molecule has 172 valence electrons. The van der Waals surface area contributed by atoms with E-state index >= 15 is 0 Å². The van der Waals surface area contributed by atoms with Crippen LogP contribution in [0.15, 0.2) is 54.6 Å². The Morgan fingerprint density at radius 3 is 2.38 bits per heavy atom. The summed E-state index contributed by atoms with van der Waals surface area (Å²) >= 11 is 0. The van der Waals surface area contributed by atoms with Gasteiger partial charge in [0.25, 0.3) is 0 Å². The van der Waals surface area contributed by atoms with Crippen molar-refractivity contribution in [3.05, 3.63) is 65.7 Å². The molecule has 0 bridgehead atoms. The predicted octanol–water partition coefficient (Wildman–Crippen LogP) is 4.09. The van der Waals surface area contributed by atoms with Crippen LogP contribution in [0.4, 0.5) is 10.5 Å². The highest BCUT2D eigenvalue weighted by Crippen LogP contribution is 2.15. The Morgan fingerprint density at radius 1 is 1.03 bits per heavy atom. The zero-order valence-corrected chi connectivity index (χ0v) is 19.1. The summed E-state index contributed by atoms with van der Waals surface area (Å²) in [7, 11) is 0. The topological polar surface area (TPSA) is 73.0 Å². The van der Waals surface area contributed by atoms with Crippen LogP contribution in [0.25, 0.3) is 0 Å². The fourth-order valence-electron chi connectivity index (χ4n) is 3.67. The van der Waals surface area contributed by atoms with E-state index in [0.717, 1.165) is 11.1 Å². The fraction of sp³-hybridized carbons (Fsp3) is 0.400. The molecule has 7 nitrogen and oxygen atoms in total. The van der Waals surface area contributed by atoms with E-state index in [4.69, 9.17) is 0 Å². The SMILES string of the molecule is Cc1ccc(CN2CN(C(=O)Nc3ccccc3)CCCC(=O)N(C(C)C)CC2=O)cc1.[HH]. The van der Waals surface area contributed by atoms with Crippen molar-refractivity contribution in [1.82, 2.24) is 14.7 Å². The van der Waals surface area contributed by atoms with Gasteiger partial charge in [0.05, 0.1) is 6.67 Å². The molecule has 32 heavy (non-hydrogen) atoms. The number of benzene rings is 2. The van der Waals surface area contributed by atoms with E-state index in [0.29, 0.717) is 31.6 Å². The number of nitrogens with one attached hydrogen (secondary N) is 1. The Morgan fingerprint density at radius 2 is 1.72 bits per heavy atom. The molecular formula is C25H34N4O3. The predicted molar refractivity (Wildman–Crippen MR) is 127 cm³/mol. The van der Waals surface area contributed by atoms with Crippen molar-refractivity contribution in [1.29, 1.82) is 0 Å². The molecule has 1 saturated heterocycles. The normalized spacial score (nSPS) is 15.8. The molecule has 0 radical (unpaired) electrons. The molecule has 0 aliphatic carbocycles. The Balaban J connectivity index is 0.00000385. The highest BCUT2D eigenvalue weighted by Gasteiger charge is 2.28. The minimum Gasteiger partial charge on any atom is -0.331 e. The van der Waals surface area contributed by atoms with Gasteiger partial charge in [-0.3, -0.25) is 9.59 Å². The standard InChI is InChI=1S/C25H32N4O3.H2/c1-19(2)29-17-24(31)28(16-21-13-11-20(3)12-14-21)18-27(15-7-10-23(29)30)25(32)26-22-8-5-4-6-9-22;/h4-6,8-9,11-14,19H,7,10,15-18H2,1-3H3,(H,26,32);1H. The highest BCUT2D eigenvalue weighted by atomic mass is 16.2. The zero-order valence-electron chi connectivity index (χ0n) is 19.1. The van der Waals surface area contributed by atoms with Crippen molar-refractivity contribution in [2.45, 2.75) is 46.2 Å². The molecule has 1 fully saturated rings. The average molecular weight is 439 g/mol. The van der Waals surface area contributed by atoms with E-state index in [2.05, 4.69) is 5.32 Å². The lowest BCUT2D eigenvalue weighted by Crippen LogP contribution is -2.51. The van der Waals surface area contributed by atoms with E-state index in [-0.39, 0.29) is 38.5 Å². The first-order valence-corrected chi connectivity index (χ1v) is 11.1. The first-order chi connectivity index (χ1) is 15.3. The Hall–Kier alpha value is -3.35. The number of urea groups is 1. The van der Waals surface area contributed by atoms with Gasteiger partial charge in [-0.1, -0.05) is 48.0 Å². The molecule has 1 heterocycles. The quantitative estimate of drug-likeness (QED) is 0.781. The largest absolute Gasteiger partial charge is 0.331 e. The van der Waals surface area contributed by atoms with E-state index < -0.39 is 0 Å². The zero-order chi connectivity index (χ0) is 23.1. The van der Waals surface area contributed by atoms with Crippen molar-refractivity contribution >= 4 is 23.5 Å². The molecule has 2 aromatic rings. The molecule has 0 atom stereocenters. The van der Waals surface area contributed by atoms with Crippen molar-refractivity contribution in [3.63, 3.8) is 0 Å². The number of rotatable bonds is 4. The van der Waals surface area contributed by atoms with Gasteiger partial charge >= 0.3 is 6.03 Å². The lowest BCUT2D eigenvalue weighted by molar-refractivity contribution is -0.144. The third-order valence-electron chi connectivity index (χ3n) is 5.57. The summed E-state index contributed by atoms with van der Waals surface area (Å²) in [6.07, 6.45) is 0.843. The highest BCUT2D eigenvalue weighted by molar-refractivity contribution is 5.90. The maximum atomic E-state index is 13.3. The second-order valence-corrected chi connectivity index (χ2v) is 8.50. The van der Waals surface area contributed by atoms with Crippen LogP contribution in [0.1, 0.15) is 39.2 Å². The van der Waals surface area contributed by atoms with Gasteiger partial charge in [0.2, 0.25) is 11.8 Å². The number of para-hydroxylation sites is 1. The second kappa shape index (κ2) is 10.8. The van der Waals surface area contributed by atoms with Gasteiger partial charge in [-0.25, -0.2) is 4.79 Å². The molecular weight excluding hydrogens is 404 g/mol. The first-order valence-electron chi connectivity index (χ1n) is 11.1. The van der Waals surface area contributed by atoms with Crippen molar-refractivity contribution < 1.29 is 15.8 Å². The molecule has 1 aliphatic rings. The molecule has 3 rings (SSSR count). The molecule has 4 amide bonds. The Labute approximate surface area is 191 Å². The minimum atomic E-state index is -0.286. The molecule has 0 saturated carbocycles. The molecule has 0 aromatic heterocycles. The number of carbonyl (C=O) groups is 3. The monoisotopic (exact) mass is 438 g/mol. The van der Waals surface area contributed by atoms with Crippen LogP contribution >= 0.6 is 0 Å². The maximum absolute atomic E-state index is 13.3. The summed E-state index contributed by atoms with van der Waals surface area (Å²) in [6, 6.07) is 16.9. The summed E-state index contributed by atoms with van der Waals surface area (Å²) in [5.74, 6) is -0.235. The number of hydrogen-bond acceptors (Lipinski definition) is 3. The van der Waals surface area contributed by atoms with Crippen LogP contribution in [0, 0.1) is 6.92 Å². The van der Waals surface area contributed by atoms with Crippen LogP contribution in [0.5, 0.6) is 0 Å². The third kappa shape index (κ3) is 6.33. The smallest absolute Gasteiger partial charge is 0.323 e. The fourth-order valence-corrected chi connectivity index (χ4v) is 3.67. The molecule has 1 N–H and O–H groups in total. The number of hydrogen-bond donors (Lipinski definition) is 1. The summed E-state index contributed by atoms with van der Waals surface area (Å²) in [5.41, 5.74) is 2.81. The minimum absolute atomic E-state index is 0. The van der Waals surface area contributed by atoms with Gasteiger partial charge < -0.3 is 20.0 Å². The molecule has 0 unspecified atom stereocenters. The lowest BCUT2D eigenvalue weighted by Gasteiger charge is -2.35. The number of carbonyl (C=O) groups excluding carboxylic acids is 3. The third-order valence-corrected chi connectivity index (χ3v) is 5.57. The van der Waals surface area contributed by atoms with Crippen LogP contribution in [0.2, 0.25) is 0 Å². The number of nitrogens with zero attached hydrogens (tertiary/aromatic N) is 3. The van der Waals surface area contributed by atoms with Gasteiger partial charge in [0, 0.05) is 32.7 Å². The number of anilines is 1. The molecule has 2 aromatic carbocycles. The van der Waals surface area contributed by atoms with Gasteiger partial charge in [-0.15, -0.1) is 0 Å². The van der Waals surface area contributed by atoms with Crippen molar-refractivity contribution in [2.24, 2.45) is 0 Å². The van der Waals surface area contributed by atoms with Crippen LogP contribution in [-0.2, 0) is 16.1 Å². The van der Waals surface area contributed by atoms with E-state index in [9.17, 15) is 14.4 Å². The first kappa shape index (κ1) is 23.3. The Kier molecular flexibility index (Phi) is 7.87. The summed E-state index contributed by atoms with van der Waals surface area (Å²) in [4.78, 5) is 43.9. The van der Waals surface area contributed by atoms with E-state index in [1.165, 1.54) is 0 Å². The number of amides is 4. The maximum Gasteiger partial charge on any atom is 0.323 e. The molecule has 1 aliphatic heterocycles. The van der Waals surface area contributed by atoms with E-state index in [1.807, 2.05) is 75.4 Å². The lowest BCUT2D eigenvalue weighted by atomic mass is 10.1. The summed E-state index contributed by atoms with van der Waals surface area (Å²) < 4.78 is 0. The summed E-state index contributed by atoms with van der Waals surface area (Å²) in [6.45, 7) is 6.77. The van der Waals surface area contributed by atoms with Gasteiger partial charge in [-0.2, -0.15) is 0 Å². The summed E-state index contributed by atoms with van der Waals surface area (Å²) in [5, 5.41) is 2.89. The van der Waals surface area contributed by atoms with Crippen molar-refractivity contribution in [3.8, 4) is 0 Å². The van der Waals surface area contributed by atoms with Gasteiger partial charge in [0.1, 0.15) is 6.54 Å². The molecule has 0 spiro atoms. The van der Waals surface area contributed by atoms with Gasteiger partial charge in [-0.05, 0) is 44.9 Å². The van der Waals surface area contributed by atoms with Crippen LogP contribution in [-0.4, -0.2) is 58.3 Å². The van der Waals surface area contributed by atoms with Crippen LogP contribution in [0.3, 0.4) is 0 Å². The van der Waals surface area contributed by atoms with E-state index in [1.54, 1.807) is 14.7 Å². The Bertz CT molecular complexity index is 934. The second-order valence-electron chi connectivity index (χ2n) is 8.50. The molecule has 7 heteroatoms. The number of aryl methyl sites for hydroxylation is 1. The van der Waals surface area contributed by atoms with Gasteiger partial charge in [0.15, 0.2) is 0 Å². The average Bonchev–Trinajstić information content (AvgIpc) is 2.77.